The van der Waals surface area contributed by atoms with Crippen molar-refractivity contribution >= 4 is 34.6 Å². The summed E-state index contributed by atoms with van der Waals surface area (Å²) in [6.45, 7) is 3.49. The van der Waals surface area contributed by atoms with Crippen LogP contribution in [0.1, 0.15) is 28.3 Å². The number of nitrogens with zero attached hydrogens (tertiary/aromatic N) is 4. The molecule has 0 radical (unpaired) electrons. The standard InChI is InChI=1S/C26H28ClN9/c27-21-5-2-4-19(11-21)23-16-35(8-7-29-23)22-6-1-3-17(10-22)14-36-15-18(13-30-36)9-20-12-24(28)31-26-25(20)32-34-33-26/h1-6,10-13,15,23,29,32,34H,7-9,14,16H2,(H3,28,31,33). The molecule has 2 aliphatic heterocycles. The van der Waals surface area contributed by atoms with E-state index in [1.165, 1.54) is 16.8 Å². The fourth-order valence-electron chi connectivity index (χ4n) is 4.92. The quantitative estimate of drug-likeness (QED) is 0.273. The van der Waals surface area contributed by atoms with E-state index in [9.17, 15) is 0 Å². The highest BCUT2D eigenvalue weighted by atomic mass is 35.5. The highest BCUT2D eigenvalue weighted by molar-refractivity contribution is 6.30. The molecule has 0 aliphatic carbocycles. The molecule has 2 aliphatic rings. The number of hydrazine groups is 2. The highest BCUT2D eigenvalue weighted by Gasteiger charge is 2.21. The Hall–Kier alpha value is -3.79. The van der Waals surface area contributed by atoms with Crippen molar-refractivity contribution in [1.29, 1.82) is 0 Å². The lowest BCUT2D eigenvalue weighted by Gasteiger charge is -2.35. The van der Waals surface area contributed by atoms with E-state index in [0.717, 1.165) is 41.5 Å². The van der Waals surface area contributed by atoms with Crippen molar-refractivity contribution in [3.63, 3.8) is 0 Å². The molecular weight excluding hydrogens is 474 g/mol. The first-order valence-corrected chi connectivity index (χ1v) is 12.4. The summed E-state index contributed by atoms with van der Waals surface area (Å²) in [7, 11) is 0. The number of nitrogens with two attached hydrogens (primary N) is 1. The van der Waals surface area contributed by atoms with Crippen molar-refractivity contribution < 1.29 is 0 Å². The van der Waals surface area contributed by atoms with Gasteiger partial charge in [0.15, 0.2) is 5.82 Å². The highest BCUT2D eigenvalue weighted by Crippen LogP contribution is 2.30. The molecular formula is C26H28ClN9. The number of hydrogen-bond acceptors (Lipinski definition) is 8. The zero-order chi connectivity index (χ0) is 24.5. The normalized spacial score (nSPS) is 16.9. The molecule has 1 unspecified atom stereocenters. The maximum Gasteiger partial charge on any atom is 0.169 e. The van der Waals surface area contributed by atoms with Crippen molar-refractivity contribution in [3.8, 4) is 0 Å². The zero-order valence-corrected chi connectivity index (χ0v) is 20.5. The third kappa shape index (κ3) is 4.81. The molecule has 6 rings (SSSR count). The van der Waals surface area contributed by atoms with Crippen LogP contribution in [0.3, 0.4) is 0 Å². The average Bonchev–Trinajstić information content (AvgIpc) is 3.54. The van der Waals surface area contributed by atoms with Crippen LogP contribution in [0.4, 0.5) is 23.0 Å². The van der Waals surface area contributed by atoms with Gasteiger partial charge >= 0.3 is 0 Å². The Bertz CT molecular complexity index is 1390. The third-order valence-electron chi connectivity index (χ3n) is 6.62. The summed E-state index contributed by atoms with van der Waals surface area (Å²) in [6, 6.07) is 19.0. The second-order valence-electron chi connectivity index (χ2n) is 9.21. The third-order valence-corrected chi connectivity index (χ3v) is 6.85. The van der Waals surface area contributed by atoms with Crippen LogP contribution < -0.4 is 32.3 Å². The van der Waals surface area contributed by atoms with Gasteiger partial charge in [0.2, 0.25) is 0 Å². The monoisotopic (exact) mass is 501 g/mol. The Labute approximate surface area is 214 Å². The minimum Gasteiger partial charge on any atom is -0.384 e. The number of aromatic nitrogens is 3. The molecule has 4 heterocycles. The number of nitrogens with one attached hydrogen (secondary N) is 4. The number of nitrogen functional groups attached to an aromatic ring is 1. The van der Waals surface area contributed by atoms with E-state index in [2.05, 4.69) is 73.2 Å². The molecule has 36 heavy (non-hydrogen) atoms. The first kappa shape index (κ1) is 22.7. The fraction of sp³-hybridized carbons (Fsp3) is 0.231. The smallest absolute Gasteiger partial charge is 0.169 e. The van der Waals surface area contributed by atoms with Crippen LogP contribution in [0.25, 0.3) is 0 Å². The van der Waals surface area contributed by atoms with Gasteiger partial charge in [-0.05, 0) is 52.6 Å². The van der Waals surface area contributed by atoms with Crippen LogP contribution in [0.5, 0.6) is 0 Å². The van der Waals surface area contributed by atoms with Crippen LogP contribution in [-0.2, 0) is 13.0 Å². The van der Waals surface area contributed by atoms with E-state index < -0.39 is 0 Å². The lowest BCUT2D eigenvalue weighted by molar-refractivity contribution is 0.472. The maximum absolute atomic E-state index is 6.23. The molecule has 1 atom stereocenters. The van der Waals surface area contributed by atoms with Gasteiger partial charge in [0, 0.05) is 49.0 Å². The second-order valence-corrected chi connectivity index (χ2v) is 9.64. The summed E-state index contributed by atoms with van der Waals surface area (Å²) in [6.07, 6.45) is 4.71. The summed E-state index contributed by atoms with van der Waals surface area (Å²) in [5.41, 5.74) is 21.6. The summed E-state index contributed by atoms with van der Waals surface area (Å²) >= 11 is 6.23. The van der Waals surface area contributed by atoms with Gasteiger partial charge in [0.05, 0.1) is 18.4 Å². The Morgan fingerprint density at radius 1 is 1.06 bits per heavy atom. The summed E-state index contributed by atoms with van der Waals surface area (Å²) in [5, 5.41) is 9.00. The summed E-state index contributed by atoms with van der Waals surface area (Å²) in [5.74, 6) is 1.19. The molecule has 1 saturated heterocycles. The number of hydrogen-bond donors (Lipinski definition) is 5. The predicted molar refractivity (Wildman–Crippen MR) is 144 cm³/mol. The number of benzene rings is 2. The Balaban J connectivity index is 1.14. The minimum absolute atomic E-state index is 0.248. The van der Waals surface area contributed by atoms with Gasteiger partial charge in [0.25, 0.3) is 0 Å². The van der Waals surface area contributed by atoms with E-state index in [-0.39, 0.29) is 6.04 Å². The lowest BCUT2D eigenvalue weighted by Crippen LogP contribution is -2.45. The summed E-state index contributed by atoms with van der Waals surface area (Å²) < 4.78 is 1.98. The molecule has 10 heteroatoms. The van der Waals surface area contributed by atoms with Crippen LogP contribution in [-0.4, -0.2) is 34.4 Å². The van der Waals surface area contributed by atoms with Gasteiger partial charge in [-0.2, -0.15) is 5.10 Å². The molecule has 6 N–H and O–H groups in total. The van der Waals surface area contributed by atoms with Gasteiger partial charge in [-0.25, -0.2) is 4.98 Å². The summed E-state index contributed by atoms with van der Waals surface area (Å²) in [4.78, 5) is 6.73. The molecule has 0 bridgehead atoms. The lowest BCUT2D eigenvalue weighted by atomic mass is 10.0. The van der Waals surface area contributed by atoms with Crippen molar-refractivity contribution in [3.05, 3.63) is 94.3 Å². The SMILES string of the molecule is Nc1cc(Cc2cnn(Cc3cccc(N4CCNC(c5cccc(Cl)c5)C4)c3)c2)c2c(n1)NNN2. The van der Waals surface area contributed by atoms with Crippen LogP contribution in [0, 0.1) is 0 Å². The van der Waals surface area contributed by atoms with Crippen LogP contribution in [0.15, 0.2) is 67.0 Å². The van der Waals surface area contributed by atoms with E-state index in [0.29, 0.717) is 24.6 Å². The van der Waals surface area contributed by atoms with Gasteiger partial charge in [-0.3, -0.25) is 10.1 Å². The Kier molecular flexibility index (Phi) is 6.10. The van der Waals surface area contributed by atoms with Gasteiger partial charge < -0.3 is 21.4 Å². The molecule has 1 fully saturated rings. The van der Waals surface area contributed by atoms with Crippen molar-refractivity contribution in [2.75, 3.05) is 41.1 Å². The average molecular weight is 502 g/mol. The Morgan fingerprint density at radius 2 is 1.97 bits per heavy atom. The van der Waals surface area contributed by atoms with Crippen molar-refractivity contribution in [2.24, 2.45) is 0 Å². The number of halogens is 1. The van der Waals surface area contributed by atoms with E-state index in [1.54, 1.807) is 0 Å². The number of piperazine rings is 1. The molecule has 0 saturated carbocycles. The second kappa shape index (κ2) is 9.69. The first-order valence-electron chi connectivity index (χ1n) is 12.0. The van der Waals surface area contributed by atoms with Crippen LogP contribution in [0.2, 0.25) is 5.02 Å². The maximum atomic E-state index is 6.23. The molecule has 2 aromatic carbocycles. The molecule has 9 nitrogen and oxygen atoms in total. The van der Waals surface area contributed by atoms with Gasteiger partial charge in [-0.1, -0.05) is 35.9 Å². The number of pyridine rings is 1. The van der Waals surface area contributed by atoms with E-state index >= 15 is 0 Å². The van der Waals surface area contributed by atoms with Crippen molar-refractivity contribution in [1.82, 2.24) is 25.6 Å². The fourth-order valence-corrected chi connectivity index (χ4v) is 5.11. The van der Waals surface area contributed by atoms with Crippen LogP contribution >= 0.6 is 11.6 Å². The van der Waals surface area contributed by atoms with Gasteiger partial charge in [-0.15, -0.1) is 5.53 Å². The predicted octanol–water partition coefficient (Wildman–Crippen LogP) is 3.56. The van der Waals surface area contributed by atoms with Gasteiger partial charge in [0.1, 0.15) is 5.82 Å². The molecule has 0 amide bonds. The molecule has 0 spiro atoms. The topological polar surface area (TPSA) is 108 Å². The first-order chi connectivity index (χ1) is 17.6. The Morgan fingerprint density at radius 3 is 2.89 bits per heavy atom. The number of anilines is 4. The molecule has 2 aromatic heterocycles. The zero-order valence-electron chi connectivity index (χ0n) is 19.7. The van der Waals surface area contributed by atoms with Crippen molar-refractivity contribution in [2.45, 2.75) is 19.0 Å². The molecule has 4 aromatic rings. The largest absolute Gasteiger partial charge is 0.384 e. The van der Waals surface area contributed by atoms with E-state index in [4.69, 9.17) is 17.3 Å². The van der Waals surface area contributed by atoms with E-state index in [1.807, 2.05) is 35.1 Å². The molecule has 184 valence electrons. The number of fused-ring (bicyclic) bond motifs is 1. The number of rotatable bonds is 6. The minimum atomic E-state index is 0.248.